The minimum absolute atomic E-state index is 0.381. The fourth-order valence-electron chi connectivity index (χ4n) is 8.95. The van der Waals surface area contributed by atoms with Gasteiger partial charge >= 0.3 is 0 Å². The topological polar surface area (TPSA) is 20.2 Å². The zero-order valence-electron chi connectivity index (χ0n) is 16.6. The van der Waals surface area contributed by atoms with E-state index in [1.54, 1.807) is 0 Å². The van der Waals surface area contributed by atoms with Gasteiger partial charge in [0.15, 0.2) is 0 Å². The Balaban J connectivity index is 1.42. The van der Waals surface area contributed by atoms with Crippen molar-refractivity contribution in [2.75, 3.05) is 0 Å². The van der Waals surface area contributed by atoms with Crippen molar-refractivity contribution in [3.63, 3.8) is 0 Å². The average Bonchev–Trinajstić information content (AvgIpc) is 3.28. The summed E-state index contributed by atoms with van der Waals surface area (Å²) in [7, 11) is 0. The Morgan fingerprint density at radius 3 is 2.40 bits per heavy atom. The van der Waals surface area contributed by atoms with Crippen LogP contribution in [-0.4, -0.2) is 10.7 Å². The zero-order chi connectivity index (χ0) is 17.6. The lowest BCUT2D eigenvalue weighted by atomic mass is 9.44. The molecule has 5 saturated carbocycles. The van der Waals surface area contributed by atoms with Crippen molar-refractivity contribution in [1.29, 1.82) is 0 Å². The summed E-state index contributed by atoms with van der Waals surface area (Å²) >= 11 is 0. The molecular formula is C24H38O. The van der Waals surface area contributed by atoms with Gasteiger partial charge in [0, 0.05) is 0 Å². The zero-order valence-corrected chi connectivity index (χ0v) is 16.6. The van der Waals surface area contributed by atoms with Crippen LogP contribution in [0.5, 0.6) is 0 Å². The first-order chi connectivity index (χ1) is 11.8. The summed E-state index contributed by atoms with van der Waals surface area (Å²) in [6.07, 6.45) is 12.2. The van der Waals surface area contributed by atoms with E-state index in [9.17, 15) is 5.11 Å². The second kappa shape index (κ2) is 5.37. The summed E-state index contributed by atoms with van der Waals surface area (Å²) in [6, 6.07) is 0. The van der Waals surface area contributed by atoms with Crippen molar-refractivity contribution in [2.45, 2.75) is 84.2 Å². The Morgan fingerprint density at radius 2 is 1.64 bits per heavy atom. The summed E-state index contributed by atoms with van der Waals surface area (Å²) in [5.74, 6) is 7.45. The summed E-state index contributed by atoms with van der Waals surface area (Å²) < 4.78 is 0. The molecule has 140 valence electrons. The molecule has 5 fully saturated rings. The summed E-state index contributed by atoms with van der Waals surface area (Å²) in [5, 5.41) is 10.6. The SMILES string of the molecule is C=C(C)[C@H]1[C@@H]2C[C@@H]2C[C@H]2[C@@H]3CC[C@@H]4C[C@](C)(O)CC[C@@H]4[C@H]3CC[C@@]21C. The van der Waals surface area contributed by atoms with Crippen LogP contribution in [0, 0.1) is 52.8 Å². The van der Waals surface area contributed by atoms with Crippen LogP contribution < -0.4 is 0 Å². The fraction of sp³-hybridized carbons (Fsp3) is 0.917. The fourth-order valence-corrected chi connectivity index (χ4v) is 8.95. The molecule has 5 aliphatic rings. The number of allylic oxidation sites excluding steroid dienone is 1. The highest BCUT2D eigenvalue weighted by atomic mass is 16.3. The van der Waals surface area contributed by atoms with Crippen molar-refractivity contribution in [3.05, 3.63) is 12.2 Å². The van der Waals surface area contributed by atoms with Gasteiger partial charge in [-0.2, -0.15) is 0 Å². The number of aliphatic hydroxyl groups is 1. The first-order valence-electron chi connectivity index (χ1n) is 11.2. The van der Waals surface area contributed by atoms with E-state index in [4.69, 9.17) is 0 Å². The molecule has 0 aromatic carbocycles. The van der Waals surface area contributed by atoms with E-state index in [1.165, 1.54) is 50.5 Å². The molecule has 1 heteroatoms. The van der Waals surface area contributed by atoms with Crippen LogP contribution >= 0.6 is 0 Å². The van der Waals surface area contributed by atoms with Crippen molar-refractivity contribution in [2.24, 2.45) is 52.8 Å². The molecule has 0 saturated heterocycles. The maximum absolute atomic E-state index is 10.6. The molecule has 0 heterocycles. The smallest absolute Gasteiger partial charge is 0.0622 e. The first-order valence-corrected chi connectivity index (χ1v) is 11.2. The van der Waals surface area contributed by atoms with Crippen LogP contribution in [0.1, 0.15) is 78.6 Å². The Labute approximate surface area is 154 Å². The van der Waals surface area contributed by atoms with Crippen LogP contribution in [0.15, 0.2) is 12.2 Å². The average molecular weight is 343 g/mol. The number of hydrogen-bond acceptors (Lipinski definition) is 1. The van der Waals surface area contributed by atoms with Gasteiger partial charge in [-0.3, -0.25) is 0 Å². The quantitative estimate of drug-likeness (QED) is 0.595. The predicted molar refractivity (Wildman–Crippen MR) is 103 cm³/mol. The van der Waals surface area contributed by atoms with Crippen molar-refractivity contribution in [3.8, 4) is 0 Å². The minimum Gasteiger partial charge on any atom is -0.390 e. The van der Waals surface area contributed by atoms with Crippen molar-refractivity contribution in [1.82, 2.24) is 0 Å². The van der Waals surface area contributed by atoms with E-state index in [-0.39, 0.29) is 5.60 Å². The van der Waals surface area contributed by atoms with Crippen LogP contribution in [0.25, 0.3) is 0 Å². The van der Waals surface area contributed by atoms with Crippen LogP contribution in [0.2, 0.25) is 0 Å². The molecule has 0 spiro atoms. The van der Waals surface area contributed by atoms with Gasteiger partial charge in [0.25, 0.3) is 0 Å². The number of hydrogen-bond donors (Lipinski definition) is 1. The van der Waals surface area contributed by atoms with Gasteiger partial charge < -0.3 is 5.11 Å². The monoisotopic (exact) mass is 342 g/mol. The largest absolute Gasteiger partial charge is 0.390 e. The molecule has 10 atom stereocenters. The number of fused-ring (bicyclic) bond motifs is 6. The molecular weight excluding hydrogens is 304 g/mol. The lowest BCUT2D eigenvalue weighted by molar-refractivity contribution is -0.123. The predicted octanol–water partition coefficient (Wildman–Crippen LogP) is 5.83. The number of rotatable bonds is 1. The van der Waals surface area contributed by atoms with Crippen molar-refractivity contribution < 1.29 is 5.11 Å². The molecule has 5 aliphatic carbocycles. The van der Waals surface area contributed by atoms with E-state index in [0.717, 1.165) is 60.2 Å². The van der Waals surface area contributed by atoms with Crippen LogP contribution in [-0.2, 0) is 0 Å². The third-order valence-corrected chi connectivity index (χ3v) is 9.88. The molecule has 0 bridgehead atoms. The standard InChI is InChI=1S/C24H38O/c1-14(2)22-20-11-16(20)12-21-19-6-5-15-13-23(3,25)9-7-17(15)18(19)8-10-24(21,22)4/h15-22,25H,1,5-13H2,2-4H3/t15-,16-,17+,18-,19-,20-,21+,22+,23-,24+/m1/s1. The Hall–Kier alpha value is -0.300. The van der Waals surface area contributed by atoms with Crippen LogP contribution in [0.4, 0.5) is 0 Å². The Kier molecular flexibility index (Phi) is 3.62. The van der Waals surface area contributed by atoms with E-state index in [1.807, 2.05) is 0 Å². The molecule has 1 nitrogen and oxygen atoms in total. The second-order valence-corrected chi connectivity index (χ2v) is 11.4. The highest BCUT2D eigenvalue weighted by Crippen LogP contribution is 2.70. The molecule has 1 N–H and O–H groups in total. The lowest BCUT2D eigenvalue weighted by Gasteiger charge is -2.61. The molecule has 0 aliphatic heterocycles. The van der Waals surface area contributed by atoms with Gasteiger partial charge in [0.1, 0.15) is 0 Å². The third-order valence-electron chi connectivity index (χ3n) is 9.88. The molecule has 0 amide bonds. The van der Waals surface area contributed by atoms with E-state index in [2.05, 4.69) is 27.4 Å². The first kappa shape index (κ1) is 16.8. The summed E-state index contributed by atoms with van der Waals surface area (Å²) in [5.41, 5.74) is 1.65. The van der Waals surface area contributed by atoms with Gasteiger partial charge in [-0.1, -0.05) is 19.1 Å². The molecule has 0 aromatic heterocycles. The maximum Gasteiger partial charge on any atom is 0.0622 e. The maximum atomic E-state index is 10.6. The molecule has 0 aromatic rings. The highest BCUT2D eigenvalue weighted by Gasteiger charge is 2.63. The Bertz CT molecular complexity index is 577. The van der Waals surface area contributed by atoms with Gasteiger partial charge in [-0.25, -0.2) is 0 Å². The van der Waals surface area contributed by atoms with Crippen LogP contribution in [0.3, 0.4) is 0 Å². The molecule has 0 radical (unpaired) electrons. The van der Waals surface area contributed by atoms with Gasteiger partial charge in [0.05, 0.1) is 5.60 Å². The van der Waals surface area contributed by atoms with Gasteiger partial charge in [-0.15, -0.1) is 0 Å². The summed E-state index contributed by atoms with van der Waals surface area (Å²) in [4.78, 5) is 0. The third kappa shape index (κ3) is 2.43. The summed E-state index contributed by atoms with van der Waals surface area (Å²) in [6.45, 7) is 11.5. The van der Waals surface area contributed by atoms with E-state index in [0.29, 0.717) is 5.41 Å². The molecule has 0 unspecified atom stereocenters. The highest BCUT2D eigenvalue weighted by molar-refractivity contribution is 5.19. The normalized spacial score (nSPS) is 59.8. The second-order valence-electron chi connectivity index (χ2n) is 11.4. The van der Waals surface area contributed by atoms with Gasteiger partial charge in [-0.05, 0) is 124 Å². The van der Waals surface area contributed by atoms with Crippen molar-refractivity contribution >= 4 is 0 Å². The minimum atomic E-state index is -0.381. The molecule has 25 heavy (non-hydrogen) atoms. The van der Waals surface area contributed by atoms with E-state index >= 15 is 0 Å². The Morgan fingerprint density at radius 1 is 0.880 bits per heavy atom. The van der Waals surface area contributed by atoms with E-state index < -0.39 is 0 Å². The molecule has 5 rings (SSSR count). The lowest BCUT2D eigenvalue weighted by Crippen LogP contribution is -2.54. The van der Waals surface area contributed by atoms with Gasteiger partial charge in [0.2, 0.25) is 0 Å².